The lowest BCUT2D eigenvalue weighted by Crippen LogP contribution is -2.55. The number of nitrogens with one attached hydrogen (secondary N) is 1. The molecule has 232 valence electrons. The lowest BCUT2D eigenvalue weighted by atomic mass is 9.79. The van der Waals surface area contributed by atoms with Crippen LogP contribution in [0.2, 0.25) is 5.02 Å². The van der Waals surface area contributed by atoms with Crippen molar-refractivity contribution in [2.45, 2.75) is 69.5 Å². The molecule has 0 radical (unpaired) electrons. The first kappa shape index (κ1) is 31.4. The zero-order valence-electron chi connectivity index (χ0n) is 23.9. The first-order valence-electron chi connectivity index (χ1n) is 14.2. The molecular formula is C31H30ClF4N5O3. The zero-order chi connectivity index (χ0) is 31.8. The molecule has 2 heterocycles. The summed E-state index contributed by atoms with van der Waals surface area (Å²) < 4.78 is 56.2. The van der Waals surface area contributed by atoms with Crippen LogP contribution in [-0.2, 0) is 14.4 Å². The minimum Gasteiger partial charge on any atom is -0.353 e. The largest absolute Gasteiger partial charge is 0.353 e. The highest BCUT2D eigenvalue weighted by molar-refractivity contribution is 6.31. The smallest absolute Gasteiger partial charge is 0.252 e. The van der Waals surface area contributed by atoms with Crippen LogP contribution in [0.3, 0.4) is 0 Å². The molecule has 1 aromatic heterocycles. The third-order valence-electron chi connectivity index (χ3n) is 8.21. The summed E-state index contributed by atoms with van der Waals surface area (Å²) in [4.78, 5) is 51.5. The quantitative estimate of drug-likeness (QED) is 0.308. The van der Waals surface area contributed by atoms with Gasteiger partial charge in [-0.05, 0) is 43.2 Å². The molecule has 1 saturated carbocycles. The van der Waals surface area contributed by atoms with Crippen LogP contribution >= 0.6 is 11.6 Å². The van der Waals surface area contributed by atoms with Crippen molar-refractivity contribution in [2.75, 3.05) is 9.80 Å². The number of halogens is 5. The SMILES string of the molecule is CC(C(=O)NC1CC(F)(F)C1)C(c1ccccc1Cl)C(C)N(C(=O)C1CCC(=O)N1c1ncccn1)c1cc(F)cc(F)c1. The van der Waals surface area contributed by atoms with E-state index in [0.29, 0.717) is 11.6 Å². The van der Waals surface area contributed by atoms with Gasteiger partial charge in [-0.1, -0.05) is 36.7 Å². The molecule has 2 aromatic carbocycles. The van der Waals surface area contributed by atoms with Crippen LogP contribution in [0.5, 0.6) is 0 Å². The Morgan fingerprint density at radius 1 is 1.05 bits per heavy atom. The number of carbonyl (C=O) groups is 3. The van der Waals surface area contributed by atoms with Gasteiger partial charge >= 0.3 is 0 Å². The molecule has 0 bridgehead atoms. The molecule has 1 aliphatic heterocycles. The first-order chi connectivity index (χ1) is 20.9. The summed E-state index contributed by atoms with van der Waals surface area (Å²) in [6.07, 6.45) is 1.95. The van der Waals surface area contributed by atoms with Crippen molar-refractivity contribution in [3.8, 4) is 0 Å². The van der Waals surface area contributed by atoms with E-state index in [1.165, 1.54) is 17.3 Å². The second kappa shape index (κ2) is 12.5. The molecule has 44 heavy (non-hydrogen) atoms. The predicted octanol–water partition coefficient (Wildman–Crippen LogP) is 5.66. The van der Waals surface area contributed by atoms with E-state index < -0.39 is 78.1 Å². The Kier molecular flexibility index (Phi) is 8.92. The maximum Gasteiger partial charge on any atom is 0.252 e. The fraction of sp³-hybridized carbons (Fsp3) is 0.387. The summed E-state index contributed by atoms with van der Waals surface area (Å²) in [6.45, 7) is 3.19. The summed E-state index contributed by atoms with van der Waals surface area (Å²) in [7, 11) is 0. The van der Waals surface area contributed by atoms with Gasteiger partial charge in [-0.15, -0.1) is 0 Å². The fourth-order valence-corrected chi connectivity index (χ4v) is 6.36. The minimum absolute atomic E-state index is 0.000856. The predicted molar refractivity (Wildman–Crippen MR) is 155 cm³/mol. The Bertz CT molecular complexity index is 1530. The molecule has 4 atom stereocenters. The van der Waals surface area contributed by atoms with Crippen LogP contribution in [-0.4, -0.2) is 51.7 Å². The maximum absolute atomic E-state index is 14.6. The van der Waals surface area contributed by atoms with E-state index in [0.717, 1.165) is 17.0 Å². The summed E-state index contributed by atoms with van der Waals surface area (Å²) >= 11 is 6.60. The second-order valence-corrected chi connectivity index (χ2v) is 11.7. The normalized spacial score (nSPS) is 20.0. The van der Waals surface area contributed by atoms with E-state index in [1.54, 1.807) is 44.2 Å². The molecule has 5 rings (SSSR count). The van der Waals surface area contributed by atoms with Crippen LogP contribution in [0.4, 0.5) is 29.2 Å². The average Bonchev–Trinajstić information content (AvgIpc) is 3.34. The monoisotopic (exact) mass is 631 g/mol. The third kappa shape index (κ3) is 6.40. The molecule has 4 unspecified atom stereocenters. The van der Waals surface area contributed by atoms with Crippen molar-refractivity contribution in [1.29, 1.82) is 0 Å². The van der Waals surface area contributed by atoms with Gasteiger partial charge in [0.15, 0.2) is 0 Å². The topological polar surface area (TPSA) is 95.5 Å². The van der Waals surface area contributed by atoms with Gasteiger partial charge in [-0.25, -0.2) is 27.5 Å². The highest BCUT2D eigenvalue weighted by Gasteiger charge is 2.48. The molecule has 13 heteroatoms. The molecule has 0 spiro atoms. The number of rotatable bonds is 9. The summed E-state index contributed by atoms with van der Waals surface area (Å²) in [5, 5.41) is 2.93. The number of hydrogen-bond acceptors (Lipinski definition) is 5. The van der Waals surface area contributed by atoms with Gasteiger partial charge < -0.3 is 10.2 Å². The zero-order valence-corrected chi connectivity index (χ0v) is 24.6. The van der Waals surface area contributed by atoms with Crippen LogP contribution in [0.25, 0.3) is 0 Å². The number of amides is 3. The fourth-order valence-electron chi connectivity index (χ4n) is 6.10. The van der Waals surface area contributed by atoms with Crippen LogP contribution in [0, 0.1) is 17.6 Å². The van der Waals surface area contributed by atoms with E-state index in [9.17, 15) is 31.9 Å². The van der Waals surface area contributed by atoms with Crippen molar-refractivity contribution >= 4 is 41.0 Å². The van der Waals surface area contributed by atoms with E-state index in [-0.39, 0.29) is 29.5 Å². The number of aromatic nitrogens is 2. The summed E-state index contributed by atoms with van der Waals surface area (Å²) in [6, 6.07) is 8.01. The van der Waals surface area contributed by atoms with Crippen LogP contribution < -0.4 is 15.1 Å². The van der Waals surface area contributed by atoms with Crippen molar-refractivity contribution in [3.63, 3.8) is 0 Å². The minimum atomic E-state index is -2.85. The highest BCUT2D eigenvalue weighted by atomic mass is 35.5. The number of hydrogen-bond donors (Lipinski definition) is 1. The lowest BCUT2D eigenvalue weighted by molar-refractivity contribution is -0.133. The number of anilines is 2. The Hall–Kier alpha value is -4.06. The maximum atomic E-state index is 14.6. The van der Waals surface area contributed by atoms with E-state index >= 15 is 0 Å². The third-order valence-corrected chi connectivity index (χ3v) is 8.55. The molecule has 1 N–H and O–H groups in total. The van der Waals surface area contributed by atoms with Crippen LogP contribution in [0.15, 0.2) is 60.9 Å². The highest BCUT2D eigenvalue weighted by Crippen LogP contribution is 2.41. The second-order valence-electron chi connectivity index (χ2n) is 11.2. The van der Waals surface area contributed by atoms with E-state index in [2.05, 4.69) is 15.3 Å². The van der Waals surface area contributed by atoms with Gasteiger partial charge in [-0.3, -0.25) is 19.3 Å². The lowest BCUT2D eigenvalue weighted by Gasteiger charge is -2.41. The van der Waals surface area contributed by atoms with Crippen molar-refractivity contribution in [3.05, 3.63) is 83.1 Å². The number of benzene rings is 2. The summed E-state index contributed by atoms with van der Waals surface area (Å²) in [5.41, 5.74) is 0.320. The van der Waals surface area contributed by atoms with E-state index in [4.69, 9.17) is 11.6 Å². The average molecular weight is 632 g/mol. The Labute approximate surface area is 256 Å². The van der Waals surface area contributed by atoms with Crippen molar-refractivity contribution < 1.29 is 31.9 Å². The van der Waals surface area contributed by atoms with Gasteiger partial charge in [0.25, 0.3) is 11.8 Å². The first-order valence-corrected chi connectivity index (χ1v) is 14.5. The van der Waals surface area contributed by atoms with Gasteiger partial charge in [-0.2, -0.15) is 0 Å². The molecule has 3 aromatic rings. The number of carbonyl (C=O) groups excluding carboxylic acids is 3. The van der Waals surface area contributed by atoms with Crippen molar-refractivity contribution in [1.82, 2.24) is 15.3 Å². The van der Waals surface area contributed by atoms with Crippen molar-refractivity contribution in [2.24, 2.45) is 5.92 Å². The molecular weight excluding hydrogens is 602 g/mol. The molecule has 2 fully saturated rings. The molecule has 1 saturated heterocycles. The summed E-state index contributed by atoms with van der Waals surface area (Å²) in [5.74, 6) is -8.18. The van der Waals surface area contributed by atoms with Gasteiger partial charge in [0.2, 0.25) is 17.8 Å². The molecule has 8 nitrogen and oxygen atoms in total. The molecule has 3 amide bonds. The van der Waals surface area contributed by atoms with E-state index in [1.807, 2.05) is 0 Å². The molecule has 1 aliphatic carbocycles. The Balaban J connectivity index is 1.57. The van der Waals surface area contributed by atoms with Crippen LogP contribution in [0.1, 0.15) is 51.0 Å². The standard InChI is InChI=1S/C31H30ClF4N5O3/c1-17(28(43)39-21-15-31(35,36)16-21)27(23-6-3-4-7-24(23)32)18(2)40(22-13-19(33)12-20(34)14-22)29(44)25-8-9-26(42)41(25)30-37-10-5-11-38-30/h3-7,10-14,17-18,21,25,27H,8-9,15-16H2,1-2H3,(H,39,43). The Morgan fingerprint density at radius 3 is 2.30 bits per heavy atom. The van der Waals surface area contributed by atoms with Gasteiger partial charge in [0, 0.05) is 72.4 Å². The van der Waals surface area contributed by atoms with Gasteiger partial charge in [0.05, 0.1) is 0 Å². The molecule has 2 aliphatic rings. The Morgan fingerprint density at radius 2 is 1.68 bits per heavy atom. The number of nitrogens with zero attached hydrogens (tertiary/aromatic N) is 4. The van der Waals surface area contributed by atoms with Gasteiger partial charge in [0.1, 0.15) is 17.7 Å². The number of alkyl halides is 2.